The fraction of sp³-hybridized carbons (Fsp3) is 0.588. The topological polar surface area (TPSA) is 38.3 Å². The van der Waals surface area contributed by atoms with Gasteiger partial charge in [0.2, 0.25) is 0 Å². The number of ether oxygens (including phenoxy) is 1. The van der Waals surface area contributed by atoms with Crippen molar-refractivity contribution in [2.75, 3.05) is 11.9 Å². The minimum atomic E-state index is -0.529. The zero-order valence-electron chi connectivity index (χ0n) is 12.9. The lowest BCUT2D eigenvalue weighted by Crippen LogP contribution is -2.58. The van der Waals surface area contributed by atoms with Crippen molar-refractivity contribution in [1.29, 1.82) is 0 Å². The predicted octanol–water partition coefficient (Wildman–Crippen LogP) is 3.77. The minimum Gasteiger partial charge on any atom is -0.464 e. The summed E-state index contributed by atoms with van der Waals surface area (Å²) in [5.74, 6) is 1.09. The van der Waals surface area contributed by atoms with E-state index in [2.05, 4.69) is 38.2 Å². The Morgan fingerprint density at radius 3 is 2.70 bits per heavy atom. The van der Waals surface area contributed by atoms with Crippen LogP contribution in [0.5, 0.6) is 0 Å². The standard InChI is InChI=1S/C17H25NO2/c1-5-20-16(19)17(10-14(11-17)12(2)3)18-15-8-6-7-13(4)9-15/h6-9,12,14,18H,5,10-11H2,1-4H3. The van der Waals surface area contributed by atoms with Gasteiger partial charge in [-0.25, -0.2) is 4.79 Å². The number of hydrogen-bond acceptors (Lipinski definition) is 3. The van der Waals surface area contributed by atoms with E-state index in [4.69, 9.17) is 4.74 Å². The molecule has 1 aliphatic rings. The maximum atomic E-state index is 12.3. The Morgan fingerprint density at radius 1 is 1.45 bits per heavy atom. The van der Waals surface area contributed by atoms with Gasteiger partial charge in [0.15, 0.2) is 0 Å². The molecule has 110 valence electrons. The van der Waals surface area contributed by atoms with Crippen molar-refractivity contribution in [1.82, 2.24) is 0 Å². The van der Waals surface area contributed by atoms with Gasteiger partial charge in [-0.15, -0.1) is 0 Å². The molecular weight excluding hydrogens is 250 g/mol. The lowest BCUT2D eigenvalue weighted by molar-refractivity contribution is -0.154. The van der Waals surface area contributed by atoms with E-state index in [9.17, 15) is 4.79 Å². The van der Waals surface area contributed by atoms with E-state index in [-0.39, 0.29) is 5.97 Å². The van der Waals surface area contributed by atoms with Crippen LogP contribution in [0.3, 0.4) is 0 Å². The molecule has 1 N–H and O–H groups in total. The van der Waals surface area contributed by atoms with Gasteiger partial charge >= 0.3 is 5.97 Å². The molecule has 0 spiro atoms. The summed E-state index contributed by atoms with van der Waals surface area (Å²) in [4.78, 5) is 12.3. The summed E-state index contributed by atoms with van der Waals surface area (Å²) in [6.07, 6.45) is 1.72. The van der Waals surface area contributed by atoms with E-state index in [0.717, 1.165) is 18.5 Å². The Bertz CT molecular complexity index is 476. The molecule has 1 aromatic carbocycles. The third kappa shape index (κ3) is 2.97. The van der Waals surface area contributed by atoms with E-state index >= 15 is 0 Å². The molecule has 2 rings (SSSR count). The van der Waals surface area contributed by atoms with Crippen LogP contribution in [-0.4, -0.2) is 18.1 Å². The number of rotatable bonds is 5. The van der Waals surface area contributed by atoms with Gasteiger partial charge in [-0.3, -0.25) is 0 Å². The zero-order chi connectivity index (χ0) is 14.8. The quantitative estimate of drug-likeness (QED) is 0.831. The Hall–Kier alpha value is -1.51. The third-order valence-corrected chi connectivity index (χ3v) is 4.23. The van der Waals surface area contributed by atoms with Crippen LogP contribution in [-0.2, 0) is 9.53 Å². The van der Waals surface area contributed by atoms with Gasteiger partial charge in [0.25, 0.3) is 0 Å². The molecule has 0 unspecified atom stereocenters. The number of benzene rings is 1. The maximum absolute atomic E-state index is 12.3. The highest BCUT2D eigenvalue weighted by Gasteiger charge is 2.52. The van der Waals surface area contributed by atoms with Crippen LogP contribution in [0.2, 0.25) is 0 Å². The first-order valence-corrected chi connectivity index (χ1v) is 7.49. The first kappa shape index (κ1) is 14.9. The number of esters is 1. The van der Waals surface area contributed by atoms with Crippen LogP contribution in [0.25, 0.3) is 0 Å². The molecule has 1 saturated carbocycles. The predicted molar refractivity (Wildman–Crippen MR) is 81.7 cm³/mol. The average molecular weight is 275 g/mol. The van der Waals surface area contributed by atoms with E-state index < -0.39 is 5.54 Å². The van der Waals surface area contributed by atoms with Crippen LogP contribution in [0.4, 0.5) is 5.69 Å². The summed E-state index contributed by atoms with van der Waals surface area (Å²) < 4.78 is 5.28. The molecule has 0 saturated heterocycles. The molecule has 1 fully saturated rings. The highest BCUT2D eigenvalue weighted by molar-refractivity contribution is 5.86. The number of carbonyl (C=O) groups is 1. The normalized spacial score (nSPS) is 25.1. The monoisotopic (exact) mass is 275 g/mol. The van der Waals surface area contributed by atoms with Gasteiger partial charge in [0, 0.05) is 5.69 Å². The fourth-order valence-electron chi connectivity index (χ4n) is 2.89. The minimum absolute atomic E-state index is 0.113. The first-order chi connectivity index (χ1) is 9.47. The van der Waals surface area contributed by atoms with E-state index in [0.29, 0.717) is 18.4 Å². The molecule has 0 radical (unpaired) electrons. The molecule has 1 aliphatic carbocycles. The molecule has 0 atom stereocenters. The van der Waals surface area contributed by atoms with Crippen molar-refractivity contribution in [2.45, 2.75) is 46.1 Å². The van der Waals surface area contributed by atoms with E-state index in [1.807, 2.05) is 19.1 Å². The summed E-state index contributed by atoms with van der Waals surface area (Å²) in [6.45, 7) is 8.78. The highest BCUT2D eigenvalue weighted by atomic mass is 16.5. The summed E-state index contributed by atoms with van der Waals surface area (Å²) >= 11 is 0. The number of anilines is 1. The van der Waals surface area contributed by atoms with Crippen molar-refractivity contribution >= 4 is 11.7 Å². The molecule has 0 aromatic heterocycles. The van der Waals surface area contributed by atoms with Crippen LogP contribution < -0.4 is 5.32 Å². The van der Waals surface area contributed by atoms with Crippen molar-refractivity contribution < 1.29 is 9.53 Å². The van der Waals surface area contributed by atoms with Crippen molar-refractivity contribution in [3.63, 3.8) is 0 Å². The smallest absolute Gasteiger partial charge is 0.331 e. The van der Waals surface area contributed by atoms with Crippen LogP contribution in [0.1, 0.15) is 39.2 Å². The second-order valence-electron chi connectivity index (χ2n) is 6.21. The molecule has 3 heteroatoms. The SMILES string of the molecule is CCOC(=O)C1(Nc2cccc(C)c2)CC(C(C)C)C1. The Kier molecular flexibility index (Phi) is 4.36. The third-order valence-electron chi connectivity index (χ3n) is 4.23. The van der Waals surface area contributed by atoms with E-state index in [1.165, 1.54) is 5.56 Å². The van der Waals surface area contributed by atoms with Gasteiger partial charge in [-0.1, -0.05) is 26.0 Å². The fourth-order valence-corrected chi connectivity index (χ4v) is 2.89. The van der Waals surface area contributed by atoms with Crippen molar-refractivity contribution in [3.05, 3.63) is 29.8 Å². The van der Waals surface area contributed by atoms with Crippen molar-refractivity contribution in [2.24, 2.45) is 11.8 Å². The van der Waals surface area contributed by atoms with Gasteiger partial charge in [-0.2, -0.15) is 0 Å². The molecule has 0 amide bonds. The molecule has 3 nitrogen and oxygen atoms in total. The van der Waals surface area contributed by atoms with Gasteiger partial charge in [-0.05, 0) is 56.2 Å². The van der Waals surface area contributed by atoms with E-state index in [1.54, 1.807) is 0 Å². The Balaban J connectivity index is 2.14. The van der Waals surface area contributed by atoms with Crippen molar-refractivity contribution in [3.8, 4) is 0 Å². The van der Waals surface area contributed by atoms with Crippen LogP contribution >= 0.6 is 0 Å². The highest BCUT2D eigenvalue weighted by Crippen LogP contribution is 2.45. The summed E-state index contributed by atoms with van der Waals surface area (Å²) in [5, 5.41) is 3.43. The molecule has 20 heavy (non-hydrogen) atoms. The summed E-state index contributed by atoms with van der Waals surface area (Å²) in [7, 11) is 0. The molecule has 1 aromatic rings. The molecule has 0 bridgehead atoms. The Morgan fingerprint density at radius 2 is 2.15 bits per heavy atom. The summed E-state index contributed by atoms with van der Waals surface area (Å²) in [6, 6.07) is 8.15. The number of carbonyl (C=O) groups excluding carboxylic acids is 1. The van der Waals surface area contributed by atoms with Gasteiger partial charge < -0.3 is 10.1 Å². The average Bonchev–Trinajstić information content (AvgIpc) is 2.33. The second kappa shape index (κ2) is 5.86. The molecular formula is C17H25NO2. The molecule has 0 heterocycles. The zero-order valence-corrected chi connectivity index (χ0v) is 12.9. The number of nitrogens with one attached hydrogen (secondary N) is 1. The van der Waals surface area contributed by atoms with Crippen LogP contribution in [0.15, 0.2) is 24.3 Å². The molecule has 0 aliphatic heterocycles. The lowest BCUT2D eigenvalue weighted by Gasteiger charge is -2.48. The Labute approximate surface area is 121 Å². The van der Waals surface area contributed by atoms with Gasteiger partial charge in [0.1, 0.15) is 5.54 Å². The van der Waals surface area contributed by atoms with Gasteiger partial charge in [0.05, 0.1) is 6.61 Å². The second-order valence-corrected chi connectivity index (χ2v) is 6.21. The first-order valence-electron chi connectivity index (χ1n) is 7.49. The largest absolute Gasteiger partial charge is 0.464 e. The number of hydrogen-bond donors (Lipinski definition) is 1. The summed E-state index contributed by atoms with van der Waals surface area (Å²) in [5.41, 5.74) is 1.66. The van der Waals surface area contributed by atoms with Crippen LogP contribution in [0, 0.1) is 18.8 Å². The maximum Gasteiger partial charge on any atom is 0.331 e. The lowest BCUT2D eigenvalue weighted by atomic mass is 9.64. The number of aryl methyl sites for hydroxylation is 1.